The van der Waals surface area contributed by atoms with Crippen LogP contribution in [0.25, 0.3) is 0 Å². The molecule has 0 atom stereocenters. The van der Waals surface area contributed by atoms with Crippen molar-refractivity contribution in [3.63, 3.8) is 0 Å². The fourth-order valence-corrected chi connectivity index (χ4v) is 2.35. The predicted molar refractivity (Wildman–Crippen MR) is 93.1 cm³/mol. The lowest BCUT2D eigenvalue weighted by Gasteiger charge is -2.06. The van der Waals surface area contributed by atoms with E-state index in [2.05, 4.69) is 26.5 Å². The molecule has 2 rings (SSSR count). The van der Waals surface area contributed by atoms with Gasteiger partial charge in [-0.15, -0.1) is 0 Å². The van der Waals surface area contributed by atoms with E-state index < -0.39 is 11.8 Å². The van der Waals surface area contributed by atoms with Gasteiger partial charge in [-0.05, 0) is 46.3 Å². The van der Waals surface area contributed by atoms with Crippen molar-refractivity contribution in [3.8, 4) is 11.5 Å². The molecule has 130 valence electrons. The number of methoxy groups -OCH3 is 1. The van der Waals surface area contributed by atoms with E-state index in [9.17, 15) is 14.7 Å². The van der Waals surface area contributed by atoms with Gasteiger partial charge in [0.15, 0.2) is 11.5 Å². The SMILES string of the molecule is COc1cc(/C=N/NC(=O)c2cccc(C(=O)NO)c2)c(Br)cc1O. The van der Waals surface area contributed by atoms with Gasteiger partial charge in [-0.1, -0.05) is 6.07 Å². The van der Waals surface area contributed by atoms with E-state index in [1.54, 1.807) is 6.07 Å². The van der Waals surface area contributed by atoms with Gasteiger partial charge in [-0.25, -0.2) is 10.9 Å². The van der Waals surface area contributed by atoms with E-state index in [-0.39, 0.29) is 22.6 Å². The Hall–Kier alpha value is -2.91. The van der Waals surface area contributed by atoms with Crippen molar-refractivity contribution in [2.75, 3.05) is 7.11 Å². The molecule has 0 spiro atoms. The number of carbonyl (C=O) groups excluding carboxylic acids is 2. The molecule has 0 unspecified atom stereocenters. The summed E-state index contributed by atoms with van der Waals surface area (Å²) in [7, 11) is 1.42. The summed E-state index contributed by atoms with van der Waals surface area (Å²) in [6, 6.07) is 8.75. The van der Waals surface area contributed by atoms with Crippen molar-refractivity contribution in [1.29, 1.82) is 0 Å². The van der Waals surface area contributed by atoms with E-state index in [0.29, 0.717) is 10.0 Å². The number of ether oxygens (including phenoxy) is 1. The van der Waals surface area contributed by atoms with Gasteiger partial charge in [0.05, 0.1) is 13.3 Å². The maximum atomic E-state index is 12.1. The highest BCUT2D eigenvalue weighted by Gasteiger charge is 2.10. The molecule has 2 aromatic rings. The summed E-state index contributed by atoms with van der Waals surface area (Å²) < 4.78 is 5.57. The molecule has 0 aliphatic heterocycles. The Bertz CT molecular complexity index is 839. The monoisotopic (exact) mass is 407 g/mol. The van der Waals surface area contributed by atoms with Crippen LogP contribution < -0.4 is 15.6 Å². The Morgan fingerprint density at radius 1 is 1.20 bits per heavy atom. The minimum atomic E-state index is -0.724. The Balaban J connectivity index is 2.12. The number of aromatic hydroxyl groups is 1. The Labute approximate surface area is 151 Å². The number of phenols is 1. The number of hydrazone groups is 1. The number of carbonyl (C=O) groups is 2. The topological polar surface area (TPSA) is 120 Å². The Morgan fingerprint density at radius 3 is 2.52 bits per heavy atom. The maximum absolute atomic E-state index is 12.1. The van der Waals surface area contributed by atoms with Crippen LogP contribution in [0.1, 0.15) is 26.3 Å². The third-order valence-electron chi connectivity index (χ3n) is 3.16. The average Bonchev–Trinajstić information content (AvgIpc) is 2.62. The highest BCUT2D eigenvalue weighted by atomic mass is 79.9. The predicted octanol–water partition coefficient (Wildman–Crippen LogP) is 2.05. The molecular weight excluding hydrogens is 394 g/mol. The second kappa shape index (κ2) is 8.27. The molecule has 0 saturated carbocycles. The molecule has 0 heterocycles. The van der Waals surface area contributed by atoms with Gasteiger partial charge in [0.2, 0.25) is 0 Å². The van der Waals surface area contributed by atoms with Gasteiger partial charge in [-0.3, -0.25) is 14.8 Å². The summed E-state index contributed by atoms with van der Waals surface area (Å²) in [5.74, 6) is -1.03. The summed E-state index contributed by atoms with van der Waals surface area (Å²) >= 11 is 3.27. The summed E-state index contributed by atoms with van der Waals surface area (Å²) in [6.07, 6.45) is 1.37. The first kappa shape index (κ1) is 18.4. The van der Waals surface area contributed by atoms with Crippen molar-refractivity contribution < 1.29 is 24.6 Å². The van der Waals surface area contributed by atoms with Gasteiger partial charge >= 0.3 is 0 Å². The first-order chi connectivity index (χ1) is 12.0. The zero-order valence-corrected chi connectivity index (χ0v) is 14.6. The van der Waals surface area contributed by atoms with Crippen molar-refractivity contribution in [1.82, 2.24) is 10.9 Å². The standard InChI is InChI=1S/C16H14BrN3O5/c1-25-14-6-11(12(17)7-13(14)21)8-18-19-15(22)9-3-2-4-10(5-9)16(23)20-24/h2-8,21,24H,1H3,(H,19,22)(H,20,23)/b18-8+. The molecule has 0 aliphatic carbocycles. The number of nitrogens with zero attached hydrogens (tertiary/aromatic N) is 1. The van der Waals surface area contributed by atoms with E-state index >= 15 is 0 Å². The maximum Gasteiger partial charge on any atom is 0.274 e. The van der Waals surface area contributed by atoms with Crippen LogP contribution in [0.3, 0.4) is 0 Å². The van der Waals surface area contributed by atoms with Crippen molar-refractivity contribution >= 4 is 34.0 Å². The van der Waals surface area contributed by atoms with Crippen LogP contribution >= 0.6 is 15.9 Å². The summed E-state index contributed by atoms with van der Waals surface area (Å²) in [5.41, 5.74) is 4.72. The van der Waals surface area contributed by atoms with Crippen LogP contribution in [0, 0.1) is 0 Å². The molecule has 9 heteroatoms. The number of benzene rings is 2. The Kier molecular flexibility index (Phi) is 6.09. The normalized spacial score (nSPS) is 10.5. The van der Waals surface area contributed by atoms with Crippen LogP contribution in [0.15, 0.2) is 46.0 Å². The second-order valence-corrected chi connectivity index (χ2v) is 5.62. The molecule has 0 bridgehead atoms. The van der Waals surface area contributed by atoms with Crippen LogP contribution in [-0.2, 0) is 0 Å². The Morgan fingerprint density at radius 2 is 1.88 bits per heavy atom. The first-order valence-corrected chi connectivity index (χ1v) is 7.70. The minimum Gasteiger partial charge on any atom is -0.504 e. The lowest BCUT2D eigenvalue weighted by atomic mass is 10.1. The molecule has 0 fully saturated rings. The summed E-state index contributed by atoms with van der Waals surface area (Å²) in [5, 5.41) is 22.1. The molecule has 0 aliphatic rings. The van der Waals surface area contributed by atoms with Gasteiger partial charge in [0, 0.05) is 21.2 Å². The third-order valence-corrected chi connectivity index (χ3v) is 3.84. The van der Waals surface area contributed by atoms with Gasteiger partial charge < -0.3 is 9.84 Å². The van der Waals surface area contributed by atoms with Crippen molar-refractivity contribution in [2.45, 2.75) is 0 Å². The molecule has 25 heavy (non-hydrogen) atoms. The zero-order chi connectivity index (χ0) is 18.4. The van der Waals surface area contributed by atoms with Crippen LogP contribution in [-0.4, -0.2) is 35.5 Å². The smallest absolute Gasteiger partial charge is 0.274 e. The molecule has 0 saturated heterocycles. The highest BCUT2D eigenvalue weighted by Crippen LogP contribution is 2.31. The van der Waals surface area contributed by atoms with Crippen molar-refractivity contribution in [3.05, 3.63) is 57.6 Å². The molecular formula is C16H14BrN3O5. The van der Waals surface area contributed by atoms with Gasteiger partial charge in [-0.2, -0.15) is 5.10 Å². The number of hydrogen-bond donors (Lipinski definition) is 4. The lowest BCUT2D eigenvalue weighted by Crippen LogP contribution is -2.21. The summed E-state index contributed by atoms with van der Waals surface area (Å²) in [6.45, 7) is 0. The number of phenolic OH excluding ortho intramolecular Hbond substituents is 1. The number of hydrogen-bond acceptors (Lipinski definition) is 6. The fourth-order valence-electron chi connectivity index (χ4n) is 1.91. The minimum absolute atomic E-state index is 0.0328. The largest absolute Gasteiger partial charge is 0.504 e. The van der Waals surface area contributed by atoms with E-state index in [1.165, 1.54) is 49.1 Å². The van der Waals surface area contributed by atoms with E-state index in [4.69, 9.17) is 9.94 Å². The number of amides is 2. The number of hydroxylamine groups is 1. The van der Waals surface area contributed by atoms with Gasteiger partial charge in [0.1, 0.15) is 0 Å². The molecule has 8 nitrogen and oxygen atoms in total. The second-order valence-electron chi connectivity index (χ2n) is 4.77. The highest BCUT2D eigenvalue weighted by molar-refractivity contribution is 9.10. The third kappa shape index (κ3) is 4.55. The fraction of sp³-hybridized carbons (Fsp3) is 0.0625. The van der Waals surface area contributed by atoms with Gasteiger partial charge in [0.25, 0.3) is 11.8 Å². The van der Waals surface area contributed by atoms with Crippen LogP contribution in [0.4, 0.5) is 0 Å². The molecule has 0 aromatic heterocycles. The molecule has 0 radical (unpaired) electrons. The molecule has 4 N–H and O–H groups in total. The van der Waals surface area contributed by atoms with Crippen LogP contribution in [0.2, 0.25) is 0 Å². The average molecular weight is 408 g/mol. The lowest BCUT2D eigenvalue weighted by molar-refractivity contribution is 0.0706. The number of nitrogens with one attached hydrogen (secondary N) is 2. The number of rotatable bonds is 5. The summed E-state index contributed by atoms with van der Waals surface area (Å²) in [4.78, 5) is 23.4. The van der Waals surface area contributed by atoms with Crippen LogP contribution in [0.5, 0.6) is 11.5 Å². The zero-order valence-electron chi connectivity index (χ0n) is 13.0. The molecule has 2 aromatic carbocycles. The molecule has 2 amide bonds. The quantitative estimate of drug-likeness (QED) is 0.343. The number of halogens is 1. The van der Waals surface area contributed by atoms with E-state index in [0.717, 1.165) is 0 Å². The van der Waals surface area contributed by atoms with Crippen molar-refractivity contribution in [2.24, 2.45) is 5.10 Å². The van der Waals surface area contributed by atoms with E-state index in [1.807, 2.05) is 0 Å². The first-order valence-electron chi connectivity index (χ1n) is 6.90.